The molecule has 0 amide bonds. The molecule has 0 aromatic heterocycles. The number of nitriles is 1. The fourth-order valence-electron chi connectivity index (χ4n) is 1.03. The van der Waals surface area contributed by atoms with Crippen molar-refractivity contribution in [1.82, 2.24) is 0 Å². The third-order valence-electron chi connectivity index (χ3n) is 1.82. The van der Waals surface area contributed by atoms with Gasteiger partial charge >= 0.3 is 0 Å². The van der Waals surface area contributed by atoms with Gasteiger partial charge in [-0.25, -0.2) is 0 Å². The van der Waals surface area contributed by atoms with Gasteiger partial charge in [0.15, 0.2) is 5.78 Å². The highest BCUT2D eigenvalue weighted by molar-refractivity contribution is 5.94. The monoisotopic (exact) mass is 216 g/mol. The summed E-state index contributed by atoms with van der Waals surface area (Å²) >= 11 is 0. The van der Waals surface area contributed by atoms with Gasteiger partial charge in [-0.1, -0.05) is 6.08 Å². The fraction of sp³-hybridized carbons (Fsp3) is 0.0909. The second kappa shape index (κ2) is 5.41. The Bertz CT molecular complexity index is 469. The van der Waals surface area contributed by atoms with Crippen LogP contribution in [0.15, 0.2) is 30.3 Å². The van der Waals surface area contributed by atoms with Crippen molar-refractivity contribution in [3.8, 4) is 6.07 Å². The Kier molecular flexibility index (Phi) is 3.92. The predicted molar refractivity (Wildman–Crippen MR) is 57.4 cm³/mol. The lowest BCUT2D eigenvalue weighted by Crippen LogP contribution is -1.89. The average Bonchev–Trinajstić information content (AvgIpc) is 2.27. The van der Waals surface area contributed by atoms with Crippen LogP contribution in [0.3, 0.4) is 0 Å². The van der Waals surface area contributed by atoms with E-state index in [0.717, 1.165) is 0 Å². The average molecular weight is 216 g/mol. The van der Waals surface area contributed by atoms with E-state index in [2.05, 4.69) is 0 Å². The van der Waals surface area contributed by atoms with Gasteiger partial charge in [-0.3, -0.25) is 14.9 Å². The van der Waals surface area contributed by atoms with Crippen LogP contribution in [0.25, 0.3) is 6.08 Å². The maximum atomic E-state index is 11.0. The van der Waals surface area contributed by atoms with E-state index in [0.29, 0.717) is 5.56 Å². The van der Waals surface area contributed by atoms with E-state index in [1.54, 1.807) is 6.07 Å². The highest BCUT2D eigenvalue weighted by Gasteiger charge is 2.02. The molecule has 1 aromatic carbocycles. The third-order valence-corrected chi connectivity index (χ3v) is 1.82. The van der Waals surface area contributed by atoms with Gasteiger partial charge in [-0.2, -0.15) is 5.26 Å². The largest absolute Gasteiger partial charge is 0.294 e. The number of carbonyl (C=O) groups excluding carboxylic acids is 1. The molecule has 0 aliphatic rings. The standard InChI is InChI=1S/C11H8N2O3/c12-8-7-11(14)6-3-9-1-4-10(5-2-9)13(15)16/h1-6H,7H2/b6-3+. The van der Waals surface area contributed by atoms with Gasteiger partial charge in [0.25, 0.3) is 5.69 Å². The molecule has 0 saturated heterocycles. The molecular weight excluding hydrogens is 208 g/mol. The van der Waals surface area contributed by atoms with Crippen LogP contribution in [0.5, 0.6) is 0 Å². The molecule has 0 aliphatic carbocycles. The van der Waals surface area contributed by atoms with E-state index >= 15 is 0 Å². The number of rotatable bonds is 4. The topological polar surface area (TPSA) is 84.0 Å². The first-order chi connectivity index (χ1) is 7.63. The van der Waals surface area contributed by atoms with Crippen LogP contribution in [0.2, 0.25) is 0 Å². The Morgan fingerprint density at radius 1 is 1.44 bits per heavy atom. The molecule has 16 heavy (non-hydrogen) atoms. The first kappa shape index (κ1) is 11.6. The van der Waals surface area contributed by atoms with Crippen LogP contribution in [0, 0.1) is 21.4 Å². The number of ketones is 1. The molecule has 0 unspecified atom stereocenters. The molecular formula is C11H8N2O3. The van der Waals surface area contributed by atoms with Crippen molar-refractivity contribution in [3.05, 3.63) is 46.0 Å². The molecule has 1 aromatic rings. The van der Waals surface area contributed by atoms with Crippen molar-refractivity contribution >= 4 is 17.5 Å². The smallest absolute Gasteiger partial charge is 0.269 e. The van der Waals surface area contributed by atoms with Gasteiger partial charge in [0.05, 0.1) is 17.4 Å². The number of carbonyl (C=O) groups is 1. The zero-order valence-electron chi connectivity index (χ0n) is 8.29. The normalized spacial score (nSPS) is 9.94. The lowest BCUT2D eigenvalue weighted by Gasteiger charge is -1.92. The molecule has 0 atom stereocenters. The van der Waals surface area contributed by atoms with E-state index < -0.39 is 4.92 Å². The first-order valence-electron chi connectivity index (χ1n) is 4.46. The summed E-state index contributed by atoms with van der Waals surface area (Å²) in [7, 11) is 0. The summed E-state index contributed by atoms with van der Waals surface area (Å²) in [6.07, 6.45) is 2.64. The molecule has 0 heterocycles. The van der Waals surface area contributed by atoms with E-state index in [-0.39, 0.29) is 17.9 Å². The van der Waals surface area contributed by atoms with Crippen molar-refractivity contribution in [1.29, 1.82) is 5.26 Å². The summed E-state index contributed by atoms with van der Waals surface area (Å²) < 4.78 is 0. The van der Waals surface area contributed by atoms with Crippen molar-refractivity contribution < 1.29 is 9.72 Å². The van der Waals surface area contributed by atoms with Crippen LogP contribution < -0.4 is 0 Å². The minimum atomic E-state index is -0.492. The van der Waals surface area contributed by atoms with E-state index in [1.807, 2.05) is 0 Å². The fourth-order valence-corrected chi connectivity index (χ4v) is 1.03. The molecule has 0 N–H and O–H groups in total. The molecule has 0 spiro atoms. The SMILES string of the molecule is N#CCC(=O)/C=C/c1ccc([N+](=O)[O-])cc1. The lowest BCUT2D eigenvalue weighted by atomic mass is 10.1. The van der Waals surface area contributed by atoms with Gasteiger partial charge < -0.3 is 0 Å². The third kappa shape index (κ3) is 3.35. The number of allylic oxidation sites excluding steroid dienone is 1. The maximum absolute atomic E-state index is 11.0. The van der Waals surface area contributed by atoms with Gasteiger partial charge in [0.1, 0.15) is 0 Å². The molecule has 0 aliphatic heterocycles. The van der Waals surface area contributed by atoms with E-state index in [1.165, 1.54) is 36.4 Å². The Morgan fingerprint density at radius 2 is 2.06 bits per heavy atom. The van der Waals surface area contributed by atoms with Crippen LogP contribution in [-0.2, 0) is 4.79 Å². The summed E-state index contributed by atoms with van der Waals surface area (Å²) in [6.45, 7) is 0. The van der Waals surface area contributed by atoms with Crippen LogP contribution >= 0.6 is 0 Å². The number of nitro groups is 1. The van der Waals surface area contributed by atoms with Crippen LogP contribution in [-0.4, -0.2) is 10.7 Å². The first-order valence-corrected chi connectivity index (χ1v) is 4.46. The Hall–Kier alpha value is -2.48. The van der Waals surface area contributed by atoms with E-state index in [9.17, 15) is 14.9 Å². The van der Waals surface area contributed by atoms with E-state index in [4.69, 9.17) is 5.26 Å². The molecule has 5 heteroatoms. The molecule has 0 bridgehead atoms. The summed E-state index contributed by atoms with van der Waals surface area (Å²) in [6, 6.07) is 7.52. The molecule has 80 valence electrons. The predicted octanol–water partition coefficient (Wildman–Crippen LogP) is 2.09. The summed E-state index contributed by atoms with van der Waals surface area (Å²) in [4.78, 5) is 20.8. The minimum absolute atomic E-state index is 0.000464. The zero-order chi connectivity index (χ0) is 12.0. The number of nitrogens with zero attached hydrogens (tertiary/aromatic N) is 2. The highest BCUT2D eigenvalue weighted by atomic mass is 16.6. The maximum Gasteiger partial charge on any atom is 0.269 e. The Morgan fingerprint density at radius 3 is 2.56 bits per heavy atom. The summed E-state index contributed by atoms with van der Waals surface area (Å²) in [5, 5.41) is 18.6. The molecule has 5 nitrogen and oxygen atoms in total. The summed E-state index contributed by atoms with van der Waals surface area (Å²) in [5.41, 5.74) is 0.678. The summed E-state index contributed by atoms with van der Waals surface area (Å²) in [5.74, 6) is -0.291. The van der Waals surface area contributed by atoms with Crippen LogP contribution in [0.1, 0.15) is 12.0 Å². The Labute approximate surface area is 91.8 Å². The zero-order valence-corrected chi connectivity index (χ0v) is 8.29. The van der Waals surface area contributed by atoms with Crippen molar-refractivity contribution in [2.75, 3.05) is 0 Å². The second-order valence-corrected chi connectivity index (χ2v) is 2.98. The molecule has 0 fully saturated rings. The number of hydrogen-bond donors (Lipinski definition) is 0. The Balaban J connectivity index is 2.73. The van der Waals surface area contributed by atoms with Crippen LogP contribution in [0.4, 0.5) is 5.69 Å². The quantitative estimate of drug-likeness (QED) is 0.438. The minimum Gasteiger partial charge on any atom is -0.294 e. The molecule has 1 rings (SSSR count). The number of non-ortho nitro benzene ring substituents is 1. The van der Waals surface area contributed by atoms with Crippen molar-refractivity contribution in [3.63, 3.8) is 0 Å². The van der Waals surface area contributed by atoms with Gasteiger partial charge in [0.2, 0.25) is 0 Å². The van der Waals surface area contributed by atoms with Crippen molar-refractivity contribution in [2.24, 2.45) is 0 Å². The van der Waals surface area contributed by atoms with Gasteiger partial charge in [-0.05, 0) is 23.8 Å². The van der Waals surface area contributed by atoms with Gasteiger partial charge in [-0.15, -0.1) is 0 Å². The number of nitro benzene ring substituents is 1. The molecule has 0 radical (unpaired) electrons. The number of benzene rings is 1. The van der Waals surface area contributed by atoms with Crippen molar-refractivity contribution in [2.45, 2.75) is 6.42 Å². The molecule has 0 saturated carbocycles. The lowest BCUT2D eigenvalue weighted by molar-refractivity contribution is -0.384. The highest BCUT2D eigenvalue weighted by Crippen LogP contribution is 2.12. The second-order valence-electron chi connectivity index (χ2n) is 2.98. The number of hydrogen-bond acceptors (Lipinski definition) is 4. The van der Waals surface area contributed by atoms with Gasteiger partial charge in [0, 0.05) is 12.1 Å².